The molecule has 320 valence electrons. The fourth-order valence-electron chi connectivity index (χ4n) is 6.94. The van der Waals surface area contributed by atoms with Crippen molar-refractivity contribution >= 4 is 112 Å². The van der Waals surface area contributed by atoms with E-state index in [4.69, 9.17) is 54.4 Å². The first kappa shape index (κ1) is 55.3. The Hall–Kier alpha value is 2.30. The van der Waals surface area contributed by atoms with Crippen LogP contribution in [0, 0.1) is 0 Å². The molecule has 0 N–H and O–H groups in total. The first-order valence-electron chi connectivity index (χ1n) is 18.8. The maximum absolute atomic E-state index is 6.81. The van der Waals surface area contributed by atoms with Crippen molar-refractivity contribution < 1.29 is 54.4 Å². The summed E-state index contributed by atoms with van der Waals surface area (Å²) in [5.41, 5.74) is 0. The van der Waals surface area contributed by atoms with E-state index in [0.717, 1.165) is 0 Å². The van der Waals surface area contributed by atoms with Crippen molar-refractivity contribution in [2.45, 2.75) is 177 Å². The molecule has 0 spiro atoms. The minimum atomic E-state index is -2.74. The van der Waals surface area contributed by atoms with Gasteiger partial charge in [-0.25, -0.2) is 0 Å². The topological polar surface area (TPSA) is 120 Å². The number of rotatable bonds is 25. The molecule has 0 aliphatic heterocycles. The molecule has 53 heavy (non-hydrogen) atoms. The molecule has 0 fully saturated rings. The largest absolute Gasteiger partial charge is 0.440 e. The van der Waals surface area contributed by atoms with Gasteiger partial charge in [0.25, 0.3) is 0 Å². The highest BCUT2D eigenvalue weighted by Crippen LogP contribution is 2.31. The maximum atomic E-state index is 6.81. The third kappa shape index (κ3) is 26.9. The van der Waals surface area contributed by atoms with Crippen LogP contribution in [0.5, 0.6) is 0 Å². The summed E-state index contributed by atoms with van der Waals surface area (Å²) in [5.74, 6) is 0. The van der Waals surface area contributed by atoms with E-state index < -0.39 is 112 Å². The molecular weight excluding hydrogens is 897 g/mol. The SMILES string of the molecule is C[SiH](C)O[Si](C)(C)O[Si](C)(C)O[Si](C)(C)O[Si](C)(C)O[Si](C)(C)O[Si](C)(C)O[Si](C)(C)O[Si](C)(C)O[Si](C)(C)O[Si](C)(C)O[Si](C)(C)OO[Si](C)(C)C. The second-order valence-corrected chi connectivity index (χ2v) is 66.4. The molecule has 0 aromatic carbocycles. The average Bonchev–Trinajstić information content (AvgIpc) is 2.66. The van der Waals surface area contributed by atoms with Crippen LogP contribution in [-0.2, 0) is 54.4 Å². The van der Waals surface area contributed by atoms with Gasteiger partial charge in [0, 0.05) is 0 Å². The Balaban J connectivity index is 5.56. The van der Waals surface area contributed by atoms with Gasteiger partial charge < -0.3 is 45.3 Å². The molecule has 0 saturated carbocycles. The molecule has 0 heterocycles. The molecule has 0 aromatic rings. The van der Waals surface area contributed by atoms with Gasteiger partial charge in [0.1, 0.15) is 0 Å². The quantitative estimate of drug-likeness (QED) is 0.0491. The molecule has 0 amide bonds. The zero-order chi connectivity index (χ0) is 42.8. The van der Waals surface area contributed by atoms with E-state index in [-0.39, 0.29) is 0 Å². The Morgan fingerprint density at radius 1 is 0.226 bits per heavy atom. The van der Waals surface area contributed by atoms with E-state index in [1.807, 2.05) is 39.3 Å². The first-order chi connectivity index (χ1) is 22.7. The molecule has 0 bridgehead atoms. The summed E-state index contributed by atoms with van der Waals surface area (Å²) in [6.45, 7) is 55.8. The normalized spacial score (nSPS) is 15.8. The highest BCUT2D eigenvalue weighted by molar-refractivity contribution is 6.93. The third-order valence-corrected chi connectivity index (χ3v) is 50.6. The van der Waals surface area contributed by atoms with Crippen molar-refractivity contribution in [2.24, 2.45) is 0 Å². The van der Waals surface area contributed by atoms with Gasteiger partial charge in [-0.3, -0.25) is 9.15 Å². The summed E-state index contributed by atoms with van der Waals surface area (Å²) >= 11 is 0. The van der Waals surface area contributed by atoms with Crippen LogP contribution in [0.3, 0.4) is 0 Å². The molecule has 0 aromatic heterocycles. The molecule has 0 aliphatic carbocycles. The van der Waals surface area contributed by atoms with Gasteiger partial charge in [-0.2, -0.15) is 0 Å². The van der Waals surface area contributed by atoms with Crippen LogP contribution in [0.4, 0.5) is 0 Å². The highest BCUT2D eigenvalue weighted by atomic mass is 28.5. The summed E-state index contributed by atoms with van der Waals surface area (Å²) in [6.07, 6.45) is 0. The van der Waals surface area contributed by atoms with Crippen LogP contribution in [0.15, 0.2) is 0 Å². The fourth-order valence-corrected chi connectivity index (χ4v) is 66.3. The summed E-state index contributed by atoms with van der Waals surface area (Å²) in [6, 6.07) is 0. The van der Waals surface area contributed by atoms with Gasteiger partial charge in [0.15, 0.2) is 9.04 Å². The van der Waals surface area contributed by atoms with Crippen LogP contribution >= 0.6 is 0 Å². The summed E-state index contributed by atoms with van der Waals surface area (Å²) in [7, 11) is -32.1. The van der Waals surface area contributed by atoms with Crippen molar-refractivity contribution in [3.05, 3.63) is 0 Å². The zero-order valence-electron chi connectivity index (χ0n) is 38.9. The molecule has 0 radical (unpaired) electrons. The van der Waals surface area contributed by atoms with Crippen LogP contribution < -0.4 is 0 Å². The Morgan fingerprint density at radius 3 is 0.566 bits per heavy atom. The Kier molecular flexibility index (Phi) is 19.7. The number of hydrogen-bond acceptors (Lipinski definition) is 13. The van der Waals surface area contributed by atoms with Crippen molar-refractivity contribution in [1.29, 1.82) is 0 Å². The smallest absolute Gasteiger partial charge is 0.358 e. The molecular formula is C27H82O13Si13. The van der Waals surface area contributed by atoms with E-state index in [1.165, 1.54) is 0 Å². The molecule has 0 rings (SSSR count). The zero-order valence-corrected chi connectivity index (χ0v) is 52.0. The van der Waals surface area contributed by atoms with Gasteiger partial charge in [-0.05, 0) is 177 Å². The van der Waals surface area contributed by atoms with Crippen molar-refractivity contribution in [3.63, 3.8) is 0 Å². The van der Waals surface area contributed by atoms with E-state index in [0.29, 0.717) is 0 Å². The minimum absolute atomic E-state index is 1.24. The van der Waals surface area contributed by atoms with E-state index in [1.54, 1.807) is 0 Å². The van der Waals surface area contributed by atoms with E-state index in [2.05, 4.69) is 137 Å². The Bertz CT molecular complexity index is 1160. The average molecular weight is 980 g/mol. The van der Waals surface area contributed by atoms with Crippen LogP contribution in [0.1, 0.15) is 0 Å². The van der Waals surface area contributed by atoms with Gasteiger partial charge in [0.2, 0.25) is 8.32 Å². The number of hydrogen-bond donors (Lipinski definition) is 0. The lowest BCUT2D eigenvalue weighted by Crippen LogP contribution is -2.62. The minimum Gasteiger partial charge on any atom is -0.440 e. The van der Waals surface area contributed by atoms with Gasteiger partial charge in [0.05, 0.1) is 0 Å². The van der Waals surface area contributed by atoms with Crippen molar-refractivity contribution in [2.75, 3.05) is 0 Å². The van der Waals surface area contributed by atoms with Gasteiger partial charge in [-0.1, -0.05) is 0 Å². The molecule has 0 saturated heterocycles. The monoisotopic (exact) mass is 978 g/mol. The maximum Gasteiger partial charge on any atom is 0.358 e. The van der Waals surface area contributed by atoms with E-state index in [9.17, 15) is 0 Å². The predicted molar refractivity (Wildman–Crippen MR) is 249 cm³/mol. The summed E-state index contributed by atoms with van der Waals surface area (Å²) < 4.78 is 85.0. The lowest BCUT2D eigenvalue weighted by molar-refractivity contribution is -0.138. The molecule has 13 nitrogen and oxygen atoms in total. The first-order valence-corrected chi connectivity index (χ1v) is 55.9. The van der Waals surface area contributed by atoms with Crippen LogP contribution in [0.2, 0.25) is 177 Å². The lowest BCUT2D eigenvalue weighted by Gasteiger charge is -2.45. The molecule has 26 heteroatoms. The highest BCUT2D eigenvalue weighted by Gasteiger charge is 2.51. The molecule has 0 unspecified atom stereocenters. The Morgan fingerprint density at radius 2 is 0.396 bits per heavy atom. The molecule has 0 aliphatic rings. The lowest BCUT2D eigenvalue weighted by atomic mass is 11.8. The van der Waals surface area contributed by atoms with Gasteiger partial charge >= 0.3 is 94.2 Å². The predicted octanol–water partition coefficient (Wildman–Crippen LogP) is 9.66. The van der Waals surface area contributed by atoms with Gasteiger partial charge in [-0.15, -0.1) is 0 Å². The third-order valence-electron chi connectivity index (χ3n) is 5.93. The summed E-state index contributed by atoms with van der Waals surface area (Å²) in [4.78, 5) is 0. The Labute approximate surface area is 340 Å². The fraction of sp³-hybridized carbons (Fsp3) is 1.00. The molecule has 0 atom stereocenters. The van der Waals surface area contributed by atoms with Crippen molar-refractivity contribution in [1.82, 2.24) is 0 Å². The second kappa shape index (κ2) is 18.9. The van der Waals surface area contributed by atoms with Crippen LogP contribution in [-0.4, -0.2) is 112 Å². The van der Waals surface area contributed by atoms with E-state index >= 15 is 0 Å². The standard InChI is InChI=1S/C27H82O13Si13/c1-41(2)30-44(8,9)32-46(12,13)34-48(16,17)36-50(20,21)38-52(24,25)40-53(26,27)39-51(22,23)37-49(18,19)35-47(14,15)33-45(10,11)31-43(6,7)29-28-42(3,4)5/h41H,1-27H3. The second-order valence-electron chi connectivity index (χ2n) is 19.9. The van der Waals surface area contributed by atoms with Crippen molar-refractivity contribution in [3.8, 4) is 0 Å². The summed E-state index contributed by atoms with van der Waals surface area (Å²) in [5, 5.41) is 0. The van der Waals surface area contributed by atoms with Crippen LogP contribution in [0.25, 0.3) is 0 Å².